The highest BCUT2D eigenvalue weighted by Crippen LogP contribution is 2.30. The summed E-state index contributed by atoms with van der Waals surface area (Å²) in [6, 6.07) is 7.40. The van der Waals surface area contributed by atoms with E-state index in [4.69, 9.17) is 0 Å². The summed E-state index contributed by atoms with van der Waals surface area (Å²) >= 11 is 0. The number of phenols is 1. The Kier molecular flexibility index (Phi) is 6.53. The van der Waals surface area contributed by atoms with Crippen molar-refractivity contribution < 1.29 is 15.0 Å². The number of rotatable bonds is 6. The fraction of sp³-hybridized carbons (Fsp3) is 0.542. The van der Waals surface area contributed by atoms with Gasteiger partial charge >= 0.3 is 0 Å². The highest BCUT2D eigenvalue weighted by Gasteiger charge is 2.31. The van der Waals surface area contributed by atoms with Gasteiger partial charge in [0, 0.05) is 57.7 Å². The van der Waals surface area contributed by atoms with Gasteiger partial charge in [0.25, 0.3) is 5.91 Å². The molecule has 2 aliphatic heterocycles. The number of aromatic hydroxyl groups is 1. The molecule has 1 amide bonds. The van der Waals surface area contributed by atoms with Gasteiger partial charge in [0.2, 0.25) is 0 Å². The molecule has 2 aliphatic rings. The lowest BCUT2D eigenvalue weighted by atomic mass is 10.1. The summed E-state index contributed by atoms with van der Waals surface area (Å²) < 4.78 is 2.02. The number of carbonyl (C=O) groups excluding carboxylic acids is 1. The number of aliphatic hydroxyl groups excluding tert-OH is 1. The average Bonchev–Trinajstić information content (AvgIpc) is 3.06. The second-order valence-corrected chi connectivity index (χ2v) is 8.65. The van der Waals surface area contributed by atoms with Crippen molar-refractivity contribution >= 4 is 11.6 Å². The van der Waals surface area contributed by atoms with E-state index >= 15 is 0 Å². The van der Waals surface area contributed by atoms with Crippen molar-refractivity contribution in [2.45, 2.75) is 39.3 Å². The van der Waals surface area contributed by atoms with Crippen LogP contribution in [0.5, 0.6) is 5.75 Å². The Morgan fingerprint density at radius 2 is 1.74 bits per heavy atom. The van der Waals surface area contributed by atoms with Crippen molar-refractivity contribution in [3.8, 4) is 5.75 Å². The van der Waals surface area contributed by atoms with Crippen LogP contribution in [0.25, 0.3) is 0 Å². The molecular formula is C24H34N4O3. The number of nitrogens with zero attached hydrogens (tertiary/aromatic N) is 4. The lowest BCUT2D eigenvalue weighted by molar-refractivity contribution is 0.0737. The molecule has 0 radical (unpaired) electrons. The number of benzene rings is 1. The maximum atomic E-state index is 13.2. The summed E-state index contributed by atoms with van der Waals surface area (Å²) in [4.78, 5) is 19.9. The van der Waals surface area contributed by atoms with Crippen molar-refractivity contribution in [3.05, 3.63) is 47.3 Å². The van der Waals surface area contributed by atoms with E-state index in [2.05, 4.69) is 9.80 Å². The molecule has 1 aromatic carbocycles. The molecule has 1 atom stereocenters. The minimum absolute atomic E-state index is 0.0633. The summed E-state index contributed by atoms with van der Waals surface area (Å²) in [5.41, 5.74) is 3.60. The van der Waals surface area contributed by atoms with E-state index < -0.39 is 6.10 Å². The van der Waals surface area contributed by atoms with Crippen LogP contribution in [0.4, 0.5) is 5.69 Å². The van der Waals surface area contributed by atoms with Crippen LogP contribution in [0.3, 0.4) is 0 Å². The standard InChI is InChI=1S/C24H34N4O3/c1-3-26-17-18(2)22-23(26)21(30)9-12-28(24(22)31)11-4-10-25-13-15-27(16-14-25)19-5-7-20(29)8-6-19/h5-8,17,21,29-30H,3-4,9-16H2,1-2H3. The van der Waals surface area contributed by atoms with Crippen LogP contribution in [0.1, 0.15) is 47.5 Å². The van der Waals surface area contributed by atoms with Gasteiger partial charge in [-0.25, -0.2) is 0 Å². The second kappa shape index (κ2) is 9.32. The van der Waals surface area contributed by atoms with E-state index in [-0.39, 0.29) is 5.91 Å². The number of phenolic OH excluding ortho intramolecular Hbond substituents is 1. The molecule has 1 saturated heterocycles. The third-order valence-electron chi connectivity index (χ3n) is 6.63. The van der Waals surface area contributed by atoms with Gasteiger partial charge in [0.05, 0.1) is 17.4 Å². The zero-order valence-corrected chi connectivity index (χ0v) is 18.6. The number of hydrogen-bond donors (Lipinski definition) is 2. The summed E-state index contributed by atoms with van der Waals surface area (Å²) in [6.07, 6.45) is 2.94. The first-order valence-corrected chi connectivity index (χ1v) is 11.4. The quantitative estimate of drug-likeness (QED) is 0.743. The molecule has 3 heterocycles. The van der Waals surface area contributed by atoms with Gasteiger partial charge in [0.15, 0.2) is 0 Å². The molecule has 0 spiro atoms. The van der Waals surface area contributed by atoms with Crippen LogP contribution >= 0.6 is 0 Å². The molecule has 0 bridgehead atoms. The minimum atomic E-state index is -0.578. The fourth-order valence-electron chi connectivity index (χ4n) is 4.88. The number of aliphatic hydroxyl groups is 1. The SMILES string of the molecule is CCn1cc(C)c2c1C(O)CCN(CCCN1CCN(c3ccc(O)cc3)CC1)C2=O. The normalized spacial score (nSPS) is 20.1. The van der Waals surface area contributed by atoms with Crippen molar-refractivity contribution in [3.63, 3.8) is 0 Å². The van der Waals surface area contributed by atoms with Crippen LogP contribution in [0, 0.1) is 6.92 Å². The molecule has 1 fully saturated rings. The van der Waals surface area contributed by atoms with Crippen molar-refractivity contribution in [1.82, 2.24) is 14.4 Å². The Morgan fingerprint density at radius 1 is 1.03 bits per heavy atom. The monoisotopic (exact) mass is 426 g/mol. The number of anilines is 1. The van der Waals surface area contributed by atoms with Gasteiger partial charge in [-0.05, 0) is 63.1 Å². The van der Waals surface area contributed by atoms with E-state index in [0.29, 0.717) is 24.3 Å². The molecule has 4 rings (SSSR count). The van der Waals surface area contributed by atoms with Crippen LogP contribution < -0.4 is 4.90 Å². The third-order valence-corrected chi connectivity index (χ3v) is 6.63. The van der Waals surface area contributed by atoms with Crippen LogP contribution in [-0.4, -0.2) is 76.3 Å². The van der Waals surface area contributed by atoms with Gasteiger partial charge in [0.1, 0.15) is 5.75 Å². The zero-order valence-electron chi connectivity index (χ0n) is 18.6. The van der Waals surface area contributed by atoms with Crippen molar-refractivity contribution in [2.24, 2.45) is 0 Å². The summed E-state index contributed by atoms with van der Waals surface area (Å²) in [5, 5.41) is 20.1. The predicted octanol–water partition coefficient (Wildman–Crippen LogP) is 2.61. The number of piperazine rings is 1. The number of fused-ring (bicyclic) bond motifs is 1. The van der Waals surface area contributed by atoms with Crippen LogP contribution in [-0.2, 0) is 6.54 Å². The molecule has 7 heteroatoms. The number of amides is 1. The third kappa shape index (κ3) is 4.57. The van der Waals surface area contributed by atoms with Gasteiger partial charge < -0.3 is 24.6 Å². The van der Waals surface area contributed by atoms with E-state index in [9.17, 15) is 15.0 Å². The number of hydrogen-bond acceptors (Lipinski definition) is 5. The largest absolute Gasteiger partial charge is 0.508 e. The predicted molar refractivity (Wildman–Crippen MR) is 122 cm³/mol. The molecule has 168 valence electrons. The Labute approximate surface area is 184 Å². The van der Waals surface area contributed by atoms with E-state index in [1.165, 1.54) is 0 Å². The summed E-state index contributed by atoms with van der Waals surface area (Å²) in [6.45, 7) is 11.0. The molecule has 2 aromatic rings. The van der Waals surface area contributed by atoms with Crippen LogP contribution in [0.15, 0.2) is 30.5 Å². The summed E-state index contributed by atoms with van der Waals surface area (Å²) in [5.74, 6) is 0.361. The Balaban J connectivity index is 1.29. The number of aryl methyl sites for hydroxylation is 2. The van der Waals surface area contributed by atoms with Gasteiger partial charge in [-0.2, -0.15) is 0 Å². The molecule has 1 unspecified atom stereocenters. The first-order valence-electron chi connectivity index (χ1n) is 11.4. The van der Waals surface area contributed by atoms with E-state index in [0.717, 1.165) is 69.2 Å². The number of aromatic nitrogens is 1. The van der Waals surface area contributed by atoms with Crippen LogP contribution in [0.2, 0.25) is 0 Å². The number of carbonyl (C=O) groups is 1. The fourth-order valence-corrected chi connectivity index (χ4v) is 4.88. The minimum Gasteiger partial charge on any atom is -0.508 e. The Morgan fingerprint density at radius 3 is 2.42 bits per heavy atom. The maximum absolute atomic E-state index is 13.2. The molecule has 0 saturated carbocycles. The lowest BCUT2D eigenvalue weighted by Crippen LogP contribution is -2.47. The van der Waals surface area contributed by atoms with Gasteiger partial charge in [-0.3, -0.25) is 9.69 Å². The Bertz CT molecular complexity index is 900. The van der Waals surface area contributed by atoms with E-state index in [1.807, 2.05) is 41.6 Å². The van der Waals surface area contributed by atoms with Gasteiger partial charge in [-0.1, -0.05) is 0 Å². The molecule has 31 heavy (non-hydrogen) atoms. The van der Waals surface area contributed by atoms with Crippen molar-refractivity contribution in [2.75, 3.05) is 50.7 Å². The molecular weight excluding hydrogens is 392 g/mol. The smallest absolute Gasteiger partial charge is 0.256 e. The Hall–Kier alpha value is -2.51. The average molecular weight is 427 g/mol. The highest BCUT2D eigenvalue weighted by molar-refractivity contribution is 5.97. The highest BCUT2D eigenvalue weighted by atomic mass is 16.3. The zero-order chi connectivity index (χ0) is 22.0. The molecule has 7 nitrogen and oxygen atoms in total. The van der Waals surface area contributed by atoms with Gasteiger partial charge in [-0.15, -0.1) is 0 Å². The second-order valence-electron chi connectivity index (χ2n) is 8.65. The van der Waals surface area contributed by atoms with Crippen molar-refractivity contribution in [1.29, 1.82) is 0 Å². The first kappa shape index (κ1) is 21.7. The maximum Gasteiger partial charge on any atom is 0.256 e. The molecule has 0 aliphatic carbocycles. The molecule has 2 N–H and O–H groups in total. The lowest BCUT2D eigenvalue weighted by Gasteiger charge is -2.36. The molecule has 1 aromatic heterocycles. The summed E-state index contributed by atoms with van der Waals surface area (Å²) in [7, 11) is 0. The topological polar surface area (TPSA) is 72.2 Å². The van der Waals surface area contributed by atoms with E-state index in [1.54, 1.807) is 12.1 Å². The first-order chi connectivity index (χ1) is 15.0.